The number of rotatable bonds is 9. The molecule has 2 atom stereocenters. The zero-order valence-corrected chi connectivity index (χ0v) is 25.7. The number of aromatic nitrogens is 2. The van der Waals surface area contributed by atoms with E-state index in [1.807, 2.05) is 0 Å². The van der Waals surface area contributed by atoms with E-state index >= 15 is 0 Å². The summed E-state index contributed by atoms with van der Waals surface area (Å²) in [5, 5.41) is 15.5. The quantitative estimate of drug-likeness (QED) is 0.251. The third-order valence-electron chi connectivity index (χ3n) is 5.51. The van der Waals surface area contributed by atoms with Gasteiger partial charge in [0.15, 0.2) is 10.8 Å². The first-order valence-electron chi connectivity index (χ1n) is 10.6. The van der Waals surface area contributed by atoms with Gasteiger partial charge in [0.1, 0.15) is 20.4 Å². The third-order valence-corrected chi connectivity index (χ3v) is 8.51. The second-order valence-electron chi connectivity index (χ2n) is 8.21. The molecule has 0 bridgehead atoms. The number of carbonyl (C=O) groups is 3. The second kappa shape index (κ2) is 13.1. The number of methoxy groups -OCH3 is 1. The van der Waals surface area contributed by atoms with Crippen molar-refractivity contribution in [2.45, 2.75) is 25.5 Å². The maximum absolute atomic E-state index is 12.7. The molecule has 12 nitrogen and oxygen atoms in total. The largest absolute Gasteiger partial charge is 1.00 e. The summed E-state index contributed by atoms with van der Waals surface area (Å²) in [6, 6.07) is -0.380. The number of thiazole rings is 1. The summed E-state index contributed by atoms with van der Waals surface area (Å²) in [6.45, 7) is 2.18. The van der Waals surface area contributed by atoms with Gasteiger partial charge in [-0.3, -0.25) is 9.59 Å². The number of aromatic carboxylic acids is 1. The molecule has 0 spiro atoms. The van der Waals surface area contributed by atoms with Gasteiger partial charge in [0.25, 0.3) is 11.8 Å². The molecule has 2 aromatic rings. The number of carbonyl (C=O) groups excluding carboxylic acids is 2. The number of carboxylic acid groups (broad SMARTS) is 1. The number of hydrogen-bond donors (Lipinski definition) is 4. The van der Waals surface area contributed by atoms with Crippen LogP contribution in [0.3, 0.4) is 0 Å². The molecule has 3 heterocycles. The Bertz CT molecular complexity index is 1280. The number of nitrogens with zero attached hydrogens (tertiary/aromatic N) is 2. The number of hydrogen-bond acceptors (Lipinski definition) is 9. The molecular formula is C20H25Cl2N5NaO7S2+. The molecule has 1 fully saturated rings. The van der Waals surface area contributed by atoms with Gasteiger partial charge >= 0.3 is 35.5 Å². The van der Waals surface area contributed by atoms with Crippen LogP contribution in [-0.2, 0) is 14.6 Å². The summed E-state index contributed by atoms with van der Waals surface area (Å²) in [4.78, 5) is 45.5. The molecular weight excluding hydrogens is 580 g/mol. The molecule has 17 heteroatoms. The molecule has 0 aromatic carbocycles. The number of aromatic amines is 1. The number of halogens is 2. The van der Waals surface area contributed by atoms with E-state index in [1.54, 1.807) is 11.8 Å². The van der Waals surface area contributed by atoms with Crippen LogP contribution < -0.4 is 45.1 Å². The molecule has 0 saturated carbocycles. The minimum atomic E-state index is -3.30. The summed E-state index contributed by atoms with van der Waals surface area (Å²) in [6.07, 6.45) is 0.995. The average Bonchev–Trinajstić information content (AvgIpc) is 3.36. The van der Waals surface area contributed by atoms with Gasteiger partial charge in [0.05, 0.1) is 27.9 Å². The van der Waals surface area contributed by atoms with Gasteiger partial charge in [0, 0.05) is 38.7 Å². The van der Waals surface area contributed by atoms with Crippen molar-refractivity contribution in [3.05, 3.63) is 32.0 Å². The molecule has 0 radical (unpaired) electrons. The Morgan fingerprint density at radius 2 is 1.95 bits per heavy atom. The number of sulfone groups is 1. The fraction of sp³-hybridized carbons (Fsp3) is 0.500. The molecule has 0 aliphatic carbocycles. The summed E-state index contributed by atoms with van der Waals surface area (Å²) >= 11 is 13.0. The van der Waals surface area contributed by atoms with E-state index in [0.29, 0.717) is 23.8 Å². The molecule has 37 heavy (non-hydrogen) atoms. The van der Waals surface area contributed by atoms with Crippen molar-refractivity contribution in [2.24, 2.45) is 0 Å². The predicted octanol–water partition coefficient (Wildman–Crippen LogP) is -1.41. The minimum absolute atomic E-state index is 0. The number of aryl methyl sites for hydroxylation is 1. The number of amides is 2. The van der Waals surface area contributed by atoms with Crippen LogP contribution in [-0.4, -0.2) is 92.2 Å². The second-order valence-corrected chi connectivity index (χ2v) is 12.2. The number of anilines is 1. The van der Waals surface area contributed by atoms with Gasteiger partial charge in [0.2, 0.25) is 0 Å². The Hall–Kier alpha value is -1.39. The number of piperidine rings is 1. The average molecular weight is 605 g/mol. The molecule has 1 aliphatic heterocycles. The SMILES string of the molecule is CO[C@H]1CN(c2nc(C(=O)NCCS(C)(=O)=O)c(C(=O)O)s2)CCC1NC(=O)c1[nH]c(C)c(Cl)c1Cl.[Na+]. The standard InChI is InChI=1S/C20H25Cl2N5O7S2.Na/c1-9-12(21)13(22)14(24-9)18(29)25-10-4-6-27(8-11(10)34-2)20-26-15(16(35-20)19(30)31)17(28)23-5-7-36(3,32)33;/h10-11,24H,4-8H2,1-3H3,(H,23,28)(H,25,29)(H,30,31);/q;+1/t10?,11-;/m0./s1. The molecule has 198 valence electrons. The van der Waals surface area contributed by atoms with Gasteiger partial charge in [-0.25, -0.2) is 18.2 Å². The van der Waals surface area contributed by atoms with Crippen LogP contribution in [0.4, 0.5) is 5.13 Å². The predicted molar refractivity (Wildman–Crippen MR) is 136 cm³/mol. The fourth-order valence-electron chi connectivity index (χ4n) is 3.64. The first kappa shape index (κ1) is 31.8. The molecule has 3 rings (SSSR count). The first-order valence-corrected chi connectivity index (χ1v) is 14.3. The maximum atomic E-state index is 12.7. The number of carboxylic acids is 1. The number of ether oxygens (including phenoxy) is 1. The van der Waals surface area contributed by atoms with Crippen LogP contribution in [0.15, 0.2) is 0 Å². The van der Waals surface area contributed by atoms with E-state index in [2.05, 4.69) is 20.6 Å². The Kier molecular flexibility index (Phi) is 11.3. The van der Waals surface area contributed by atoms with E-state index in [1.165, 1.54) is 7.11 Å². The van der Waals surface area contributed by atoms with Gasteiger partial charge in [-0.15, -0.1) is 0 Å². The Morgan fingerprint density at radius 3 is 2.49 bits per heavy atom. The summed E-state index contributed by atoms with van der Waals surface area (Å²) < 4.78 is 28.1. The van der Waals surface area contributed by atoms with Crippen molar-refractivity contribution in [2.75, 3.05) is 43.7 Å². The van der Waals surface area contributed by atoms with Crippen LogP contribution in [0.25, 0.3) is 0 Å². The first-order chi connectivity index (χ1) is 16.8. The van der Waals surface area contributed by atoms with Crippen molar-refractivity contribution in [1.29, 1.82) is 0 Å². The molecule has 2 aromatic heterocycles. The van der Waals surface area contributed by atoms with Crippen LogP contribution in [0.2, 0.25) is 10.0 Å². The zero-order chi connectivity index (χ0) is 26.8. The fourth-order valence-corrected chi connectivity index (χ4v) is 5.47. The van der Waals surface area contributed by atoms with Gasteiger partial charge < -0.3 is 30.4 Å². The maximum Gasteiger partial charge on any atom is 1.00 e. The number of nitrogens with one attached hydrogen (secondary N) is 3. The van der Waals surface area contributed by atoms with E-state index in [4.69, 9.17) is 27.9 Å². The molecule has 1 unspecified atom stereocenters. The van der Waals surface area contributed by atoms with Crippen LogP contribution in [0, 0.1) is 6.92 Å². The Labute approximate surface area is 249 Å². The summed E-state index contributed by atoms with van der Waals surface area (Å²) in [7, 11) is -1.81. The van der Waals surface area contributed by atoms with Crippen molar-refractivity contribution >= 4 is 67.3 Å². The van der Waals surface area contributed by atoms with E-state index in [9.17, 15) is 27.9 Å². The molecule has 1 aliphatic rings. The number of H-pyrrole nitrogens is 1. The third kappa shape index (κ3) is 7.82. The van der Waals surface area contributed by atoms with Gasteiger partial charge in [-0.05, 0) is 13.3 Å². The van der Waals surface area contributed by atoms with E-state index in [-0.39, 0.29) is 80.8 Å². The molecule has 4 N–H and O–H groups in total. The molecule has 2 amide bonds. The topological polar surface area (TPSA) is 171 Å². The normalized spacial score (nSPS) is 17.7. The van der Waals surface area contributed by atoms with Crippen LogP contribution in [0.1, 0.15) is 42.8 Å². The van der Waals surface area contributed by atoms with E-state index < -0.39 is 33.7 Å². The van der Waals surface area contributed by atoms with Crippen molar-refractivity contribution in [3.63, 3.8) is 0 Å². The minimum Gasteiger partial charge on any atom is -0.477 e. The van der Waals surface area contributed by atoms with Crippen molar-refractivity contribution in [3.8, 4) is 0 Å². The Balaban J connectivity index is 0.00000481. The van der Waals surface area contributed by atoms with E-state index in [0.717, 1.165) is 17.6 Å². The van der Waals surface area contributed by atoms with Gasteiger partial charge in [-0.2, -0.15) is 0 Å². The summed E-state index contributed by atoms with van der Waals surface area (Å²) in [5.41, 5.74) is 0.419. The van der Waals surface area contributed by atoms with Crippen LogP contribution in [0.5, 0.6) is 0 Å². The van der Waals surface area contributed by atoms with Crippen molar-refractivity contribution < 1.29 is 62.2 Å². The Morgan fingerprint density at radius 1 is 1.27 bits per heavy atom. The van der Waals surface area contributed by atoms with Crippen LogP contribution >= 0.6 is 34.5 Å². The summed E-state index contributed by atoms with van der Waals surface area (Å²) in [5.74, 6) is -2.83. The monoisotopic (exact) mass is 604 g/mol. The smallest absolute Gasteiger partial charge is 0.477 e. The van der Waals surface area contributed by atoms with Crippen molar-refractivity contribution in [1.82, 2.24) is 20.6 Å². The van der Waals surface area contributed by atoms with Gasteiger partial charge in [-0.1, -0.05) is 34.5 Å². The molecule has 1 saturated heterocycles. The zero-order valence-electron chi connectivity index (χ0n) is 20.6.